The number of hydrogen-bond donors (Lipinski definition) is 0. The molecule has 2 nitrogen and oxygen atoms in total. The van der Waals surface area contributed by atoms with Gasteiger partial charge in [-0.15, -0.1) is 0 Å². The molecule has 0 saturated carbocycles. The Bertz CT molecular complexity index is 690. The predicted octanol–water partition coefficient (Wildman–Crippen LogP) is 1.57. The largest absolute Gasteiger partial charge is 1.00 e. The molecule has 0 atom stereocenters. The zero-order valence-corrected chi connectivity index (χ0v) is 17.7. The van der Waals surface area contributed by atoms with Crippen LogP contribution in [0.5, 0.6) is 0 Å². The Balaban J connectivity index is 0.00000156. The van der Waals surface area contributed by atoms with Crippen LogP contribution in [0, 0.1) is 18.3 Å². The van der Waals surface area contributed by atoms with E-state index < -0.39 is 0 Å². The summed E-state index contributed by atoms with van der Waals surface area (Å²) < 4.78 is 28.8. The molecule has 0 spiro atoms. The summed E-state index contributed by atoms with van der Waals surface area (Å²) in [6.07, 6.45) is 0. The monoisotopic (exact) mass is 589 g/mol. The molecule has 25 heavy (non-hydrogen) atoms. The van der Waals surface area contributed by atoms with Gasteiger partial charge < -0.3 is 26.8 Å². The Morgan fingerprint density at radius 3 is 1.44 bits per heavy atom. The van der Waals surface area contributed by atoms with Crippen LogP contribution in [0.25, 0.3) is 11.4 Å². The van der Waals surface area contributed by atoms with Gasteiger partial charge in [-0.1, -0.05) is 24.3 Å². The fourth-order valence-corrected chi connectivity index (χ4v) is 2.91. The minimum Gasteiger partial charge on any atom is -1.00 e. The Labute approximate surface area is 173 Å². The van der Waals surface area contributed by atoms with Crippen molar-refractivity contribution >= 4 is 11.4 Å². The summed E-state index contributed by atoms with van der Waals surface area (Å²) in [5.41, 5.74) is 2.38. The summed E-state index contributed by atoms with van der Waals surface area (Å²) in [4.78, 5) is 3.92. The third-order valence-electron chi connectivity index (χ3n) is 4.02. The van der Waals surface area contributed by atoms with Crippen LogP contribution in [0.3, 0.4) is 0 Å². The molecule has 0 unspecified atom stereocenters. The summed E-state index contributed by atoms with van der Waals surface area (Å²) in [5, 5.41) is 0. The van der Waals surface area contributed by atoms with Crippen molar-refractivity contribution in [3.8, 4) is 0 Å². The Hall–Kier alpha value is -1.14. The molecule has 3 rings (SSSR count). The number of hydrogen-bond acceptors (Lipinski definition) is 2. The Morgan fingerprint density at radius 1 is 0.760 bits per heavy atom. The summed E-state index contributed by atoms with van der Waals surface area (Å²) >= 11 is 0. The van der Waals surface area contributed by atoms with Gasteiger partial charge in [0.05, 0.1) is 0 Å². The fraction of sp³-hybridized carbons (Fsp3) is 0.211. The van der Waals surface area contributed by atoms with Crippen molar-refractivity contribution in [1.82, 2.24) is 9.80 Å². The maximum atomic E-state index is 14.4. The second kappa shape index (κ2) is 9.53. The van der Waals surface area contributed by atoms with E-state index in [1.807, 2.05) is 30.3 Å². The molecule has 1 heterocycles. The molecule has 0 aliphatic carbocycles. The van der Waals surface area contributed by atoms with Crippen molar-refractivity contribution in [1.29, 1.82) is 0 Å². The van der Waals surface area contributed by atoms with Gasteiger partial charge in [-0.25, -0.2) is 8.78 Å². The van der Waals surface area contributed by atoms with Crippen LogP contribution in [-0.4, -0.2) is 22.9 Å². The third kappa shape index (κ3) is 4.17. The maximum Gasteiger partial charge on any atom is 1.00 e. The van der Waals surface area contributed by atoms with E-state index in [-0.39, 0.29) is 51.0 Å². The quantitative estimate of drug-likeness (QED) is 0.395. The van der Waals surface area contributed by atoms with Gasteiger partial charge in [0.2, 0.25) is 0 Å². The summed E-state index contributed by atoms with van der Waals surface area (Å²) in [7, 11) is 0. The van der Waals surface area contributed by atoms with E-state index in [0.717, 1.165) is 0 Å². The average Bonchev–Trinajstić information content (AvgIpc) is 2.94. The first-order valence-electron chi connectivity index (χ1n) is 7.79. The second-order valence-electron chi connectivity index (χ2n) is 5.34. The van der Waals surface area contributed by atoms with Gasteiger partial charge in [-0.05, 0) is 51.2 Å². The van der Waals surface area contributed by atoms with Crippen LogP contribution in [-0.2, 0) is 22.4 Å². The number of halogens is 3. The number of rotatable bonds is 4. The van der Waals surface area contributed by atoms with Gasteiger partial charge >= 0.3 is 22.4 Å². The molecule has 6 heteroatoms. The molecular formula is C19H19AuBrF2N2-. The normalized spacial score (nSPS) is 13.6. The van der Waals surface area contributed by atoms with E-state index in [1.165, 1.54) is 12.1 Å². The van der Waals surface area contributed by atoms with E-state index >= 15 is 0 Å². The van der Waals surface area contributed by atoms with Crippen LogP contribution < -0.4 is 17.0 Å². The first-order valence-corrected chi connectivity index (χ1v) is 7.79. The molecule has 0 fully saturated rings. The molecular weight excluding hydrogens is 571 g/mol. The smallest absolute Gasteiger partial charge is 1.00 e. The van der Waals surface area contributed by atoms with Crippen molar-refractivity contribution in [2.45, 2.75) is 13.8 Å². The fourth-order valence-electron chi connectivity index (χ4n) is 2.91. The molecule has 0 bridgehead atoms. The van der Waals surface area contributed by atoms with Gasteiger partial charge in [-0.2, -0.15) is 6.67 Å². The van der Waals surface area contributed by atoms with E-state index in [9.17, 15) is 8.78 Å². The Morgan fingerprint density at radius 2 is 1.12 bits per heavy atom. The molecule has 0 amide bonds. The first-order chi connectivity index (χ1) is 11.2. The zero-order valence-electron chi connectivity index (χ0n) is 13.9. The molecule has 1 aliphatic heterocycles. The number of benzene rings is 2. The molecule has 2 aromatic carbocycles. The molecule has 138 valence electrons. The zero-order chi connectivity index (χ0) is 16.4. The molecule has 0 N–H and O–H groups in total. The third-order valence-corrected chi connectivity index (χ3v) is 4.02. The van der Waals surface area contributed by atoms with Crippen LogP contribution >= 0.6 is 0 Å². The first kappa shape index (κ1) is 21.9. The number of nitrogens with zero attached hydrogens (tertiary/aromatic N) is 2. The van der Waals surface area contributed by atoms with Crippen molar-refractivity contribution in [3.63, 3.8) is 0 Å². The Kier molecular flexibility index (Phi) is 8.35. The van der Waals surface area contributed by atoms with Crippen molar-refractivity contribution in [3.05, 3.63) is 78.0 Å². The molecule has 0 aromatic heterocycles. The van der Waals surface area contributed by atoms with Gasteiger partial charge in [0, 0.05) is 22.5 Å². The van der Waals surface area contributed by atoms with Gasteiger partial charge in [0.25, 0.3) is 0 Å². The van der Waals surface area contributed by atoms with Crippen molar-refractivity contribution in [2.24, 2.45) is 0 Å². The van der Waals surface area contributed by atoms with Crippen molar-refractivity contribution < 1.29 is 48.1 Å². The van der Waals surface area contributed by atoms with Crippen LogP contribution in [0.15, 0.2) is 48.5 Å². The standard InChI is InChI=1S/C19H19F2N2.Au.BrH/c1-3-22-13-23(4-2)19(15-10-6-8-12-17(15)21)18(22)14-9-5-7-11-16(14)20;;/h5-13H,3-4H2,1-2H3;;1H/q-1;+1;/p-1. The van der Waals surface area contributed by atoms with Gasteiger partial charge in [-0.3, -0.25) is 0 Å². The molecule has 1 aliphatic rings. The SMILES string of the molecule is CCN1[CH-]N(CC)C(c2ccccc2F)=C1c1ccccc1F.[Au+].[Br-]. The van der Waals surface area contributed by atoms with E-state index in [0.29, 0.717) is 35.6 Å². The van der Waals surface area contributed by atoms with Crippen LogP contribution in [0.2, 0.25) is 0 Å². The summed E-state index contributed by atoms with van der Waals surface area (Å²) in [6, 6.07) is 13.3. The van der Waals surface area contributed by atoms with Crippen molar-refractivity contribution in [2.75, 3.05) is 13.1 Å². The van der Waals surface area contributed by atoms with Gasteiger partial charge in [0.1, 0.15) is 11.6 Å². The molecule has 0 radical (unpaired) electrons. The molecule has 2 aromatic rings. The van der Waals surface area contributed by atoms with Crippen LogP contribution in [0.4, 0.5) is 8.78 Å². The van der Waals surface area contributed by atoms with Gasteiger partial charge in [0.15, 0.2) is 0 Å². The summed E-state index contributed by atoms with van der Waals surface area (Å²) in [5.74, 6) is -0.609. The van der Waals surface area contributed by atoms with E-state index in [1.54, 1.807) is 36.4 Å². The summed E-state index contributed by atoms with van der Waals surface area (Å²) in [6.45, 7) is 7.27. The van der Waals surface area contributed by atoms with Crippen LogP contribution in [0.1, 0.15) is 25.0 Å². The minimum absolute atomic E-state index is 0. The average molecular weight is 590 g/mol. The second-order valence-corrected chi connectivity index (χ2v) is 5.34. The minimum atomic E-state index is -0.304. The molecule has 0 saturated heterocycles. The van der Waals surface area contributed by atoms with E-state index in [2.05, 4.69) is 0 Å². The topological polar surface area (TPSA) is 6.48 Å². The predicted molar refractivity (Wildman–Crippen MR) is 88.7 cm³/mol. The maximum absolute atomic E-state index is 14.4. The van der Waals surface area contributed by atoms with E-state index in [4.69, 9.17) is 0 Å².